The van der Waals surface area contributed by atoms with Crippen LogP contribution in [-0.2, 0) is 13.8 Å². The third kappa shape index (κ3) is 4.12. The highest BCUT2D eigenvalue weighted by atomic mass is 31.1. The average molecular weight is 401 g/mol. The lowest BCUT2D eigenvalue weighted by Gasteiger charge is -2.19. The molecule has 0 bridgehead atoms. The maximum atomic E-state index is 14.9. The van der Waals surface area contributed by atoms with Gasteiger partial charge in [-0.25, -0.2) is 13.7 Å². The summed E-state index contributed by atoms with van der Waals surface area (Å²) in [6, 6.07) is 8.93. The van der Waals surface area contributed by atoms with Crippen molar-refractivity contribution in [1.29, 1.82) is 0 Å². The van der Waals surface area contributed by atoms with Gasteiger partial charge in [0, 0.05) is 16.8 Å². The number of aromatic nitrogens is 2. The molecule has 3 rings (SSSR count). The zero-order chi connectivity index (χ0) is 19.6. The van der Waals surface area contributed by atoms with Gasteiger partial charge in [-0.3, -0.25) is 14.3 Å². The number of benzene rings is 1. The lowest BCUT2D eigenvalue weighted by Crippen LogP contribution is -2.42. The molecule has 0 aliphatic carbocycles. The number of rotatable bonds is 6. The summed E-state index contributed by atoms with van der Waals surface area (Å²) in [5, 5.41) is 20.0. The van der Waals surface area contributed by atoms with Crippen molar-refractivity contribution in [2.24, 2.45) is 0 Å². The molecule has 1 saturated heterocycles. The molecule has 144 valence electrons. The van der Waals surface area contributed by atoms with Crippen molar-refractivity contribution in [3.63, 3.8) is 0 Å². The minimum absolute atomic E-state index is 0.220. The van der Waals surface area contributed by atoms with E-state index in [-0.39, 0.29) is 5.75 Å². The van der Waals surface area contributed by atoms with Crippen LogP contribution in [0.25, 0.3) is 0 Å². The number of alkyl halides is 1. The van der Waals surface area contributed by atoms with E-state index in [1.165, 1.54) is 12.1 Å². The van der Waals surface area contributed by atoms with E-state index in [1.807, 2.05) is 4.98 Å². The molecule has 27 heavy (non-hydrogen) atoms. The number of para-hydroxylation sites is 1. The number of halogens is 1. The molecule has 1 aromatic carbocycles. The third-order valence-electron chi connectivity index (χ3n) is 3.79. The number of ether oxygens (including phenoxy) is 1. The van der Waals surface area contributed by atoms with E-state index < -0.39 is 50.4 Å². The van der Waals surface area contributed by atoms with Crippen LogP contribution in [-0.4, -0.2) is 44.4 Å². The van der Waals surface area contributed by atoms with Crippen molar-refractivity contribution in [3.05, 3.63) is 63.4 Å². The molecular weight excluding hydrogens is 386 g/mol. The zero-order valence-corrected chi connectivity index (χ0v) is 14.5. The molecule has 0 amide bonds. The summed E-state index contributed by atoms with van der Waals surface area (Å²) in [5.41, 5.74) is -1.67. The fourth-order valence-electron chi connectivity index (χ4n) is 2.45. The minimum Gasteiger partial charge on any atom is -0.385 e. The van der Waals surface area contributed by atoms with E-state index in [4.69, 9.17) is 13.8 Å². The highest BCUT2D eigenvalue weighted by Gasteiger charge is 2.58. The molecule has 2 heterocycles. The van der Waals surface area contributed by atoms with E-state index in [0.29, 0.717) is 4.57 Å². The number of H-pyrrole nitrogens is 1. The van der Waals surface area contributed by atoms with E-state index in [0.717, 1.165) is 12.3 Å². The van der Waals surface area contributed by atoms with Crippen LogP contribution in [0.3, 0.4) is 0 Å². The predicted molar refractivity (Wildman–Crippen MR) is 87.9 cm³/mol. The van der Waals surface area contributed by atoms with Gasteiger partial charge < -0.3 is 14.9 Å². The molecule has 0 spiro atoms. The first-order chi connectivity index (χ1) is 12.8. The van der Waals surface area contributed by atoms with Crippen LogP contribution in [0.2, 0.25) is 0 Å². The van der Waals surface area contributed by atoms with Gasteiger partial charge in [0.25, 0.3) is 11.4 Å². The molecule has 3 N–H and O–H groups in total. The quantitative estimate of drug-likeness (QED) is 0.584. The Bertz CT molecular complexity index is 935. The maximum Gasteiger partial charge on any atom is 0.750 e. The first-order valence-corrected chi connectivity index (χ1v) is 8.77. The molecule has 1 aliphatic heterocycles. The van der Waals surface area contributed by atoms with Gasteiger partial charge in [-0.15, -0.1) is 4.52 Å². The Morgan fingerprint density at radius 1 is 1.26 bits per heavy atom. The van der Waals surface area contributed by atoms with Gasteiger partial charge in [0.1, 0.15) is 12.2 Å². The lowest BCUT2D eigenvalue weighted by atomic mass is 10.1. The van der Waals surface area contributed by atoms with Gasteiger partial charge in [0.2, 0.25) is 0 Å². The second-order valence-electron chi connectivity index (χ2n) is 5.65. The molecule has 2 aromatic rings. The first-order valence-electron chi connectivity index (χ1n) is 7.68. The second-order valence-corrected chi connectivity index (χ2v) is 6.54. The molecule has 0 radical (unpaired) electrons. The number of nitrogens with one attached hydrogen (secondary N) is 1. The topological polar surface area (TPSA) is 140 Å². The Balaban J connectivity index is 1.69. The van der Waals surface area contributed by atoms with Crippen LogP contribution >= 0.6 is 8.25 Å². The highest BCUT2D eigenvalue weighted by molar-refractivity contribution is 7.33. The number of nitrogens with zero attached hydrogens (tertiary/aromatic N) is 1. The molecule has 1 fully saturated rings. The molecule has 1 aliphatic rings. The van der Waals surface area contributed by atoms with E-state index in [2.05, 4.69) is 0 Å². The lowest BCUT2D eigenvalue weighted by molar-refractivity contribution is -0.203. The molecular formula is C15H15FN2O8P+. The van der Waals surface area contributed by atoms with Crippen molar-refractivity contribution in [2.45, 2.75) is 24.3 Å². The Labute approximate surface area is 151 Å². The average Bonchev–Trinajstić information content (AvgIpc) is 2.86. The number of hydrogen-bond acceptors (Lipinski definition) is 8. The second kappa shape index (κ2) is 7.67. The van der Waals surface area contributed by atoms with Crippen LogP contribution in [0.1, 0.15) is 6.23 Å². The summed E-state index contributed by atoms with van der Waals surface area (Å²) in [6.45, 7) is -1.04. The SMILES string of the molecule is O=c1ccn([C@@H]2O[C@](F)(CO[P+](=O)Oc3ccccc3)C(O)C2O)c(=O)[nH]1. The Kier molecular flexibility index (Phi) is 5.49. The minimum atomic E-state index is -2.97. The summed E-state index contributed by atoms with van der Waals surface area (Å²) >= 11 is 0. The Hall–Kier alpha value is -2.43. The van der Waals surface area contributed by atoms with Crippen LogP contribution in [0, 0.1) is 0 Å². The largest absolute Gasteiger partial charge is 0.750 e. The van der Waals surface area contributed by atoms with Crippen LogP contribution in [0.4, 0.5) is 4.39 Å². The molecule has 3 unspecified atom stereocenters. The van der Waals surface area contributed by atoms with Gasteiger partial charge in [-0.1, -0.05) is 18.2 Å². The van der Waals surface area contributed by atoms with Crippen LogP contribution < -0.4 is 15.8 Å². The number of hydrogen-bond donors (Lipinski definition) is 3. The summed E-state index contributed by atoms with van der Waals surface area (Å²) < 4.78 is 42.0. The number of aromatic amines is 1. The molecule has 0 saturated carbocycles. The van der Waals surface area contributed by atoms with Crippen LogP contribution in [0.15, 0.2) is 52.2 Å². The van der Waals surface area contributed by atoms with Crippen LogP contribution in [0.5, 0.6) is 5.75 Å². The standard InChI is InChI=1S/C15H14FN2O8P/c16-15(8-24-27(23)26-9-4-2-1-3-5-9)12(21)11(20)13(25-15)18-7-6-10(19)17-14(18)22/h1-7,11-13,20-21H,8H2/p+1/t11?,12?,13-,15-/m1/s1. The predicted octanol–water partition coefficient (Wildman–Crippen LogP) is 0.206. The summed E-state index contributed by atoms with van der Waals surface area (Å²) in [5.74, 6) is -2.75. The Morgan fingerprint density at radius 2 is 1.96 bits per heavy atom. The van der Waals surface area contributed by atoms with Crippen molar-refractivity contribution in [3.8, 4) is 5.75 Å². The summed E-state index contributed by atoms with van der Waals surface area (Å²) in [4.78, 5) is 24.8. The van der Waals surface area contributed by atoms with Crippen molar-refractivity contribution in [1.82, 2.24) is 9.55 Å². The normalized spacial score (nSPS) is 28.1. The van der Waals surface area contributed by atoms with E-state index in [1.54, 1.807) is 18.2 Å². The maximum absolute atomic E-state index is 14.9. The van der Waals surface area contributed by atoms with Gasteiger partial charge >= 0.3 is 13.9 Å². The van der Waals surface area contributed by atoms with Crippen molar-refractivity contribution in [2.75, 3.05) is 6.61 Å². The number of aliphatic hydroxyl groups is 2. The zero-order valence-electron chi connectivity index (χ0n) is 13.6. The fourth-order valence-corrected chi connectivity index (χ4v) is 3.08. The van der Waals surface area contributed by atoms with Crippen molar-refractivity contribution >= 4 is 8.25 Å². The fraction of sp³-hybridized carbons (Fsp3) is 0.333. The molecule has 12 heteroatoms. The monoisotopic (exact) mass is 401 g/mol. The van der Waals surface area contributed by atoms with Gasteiger partial charge in [-0.2, -0.15) is 0 Å². The summed E-state index contributed by atoms with van der Waals surface area (Å²) in [7, 11) is -2.80. The highest BCUT2D eigenvalue weighted by Crippen LogP contribution is 2.40. The van der Waals surface area contributed by atoms with Crippen molar-refractivity contribution < 1.29 is 33.0 Å². The van der Waals surface area contributed by atoms with E-state index in [9.17, 15) is 28.8 Å². The van der Waals surface area contributed by atoms with E-state index >= 15 is 0 Å². The smallest absolute Gasteiger partial charge is 0.385 e. The molecule has 5 atom stereocenters. The summed E-state index contributed by atoms with van der Waals surface area (Å²) in [6.07, 6.45) is -4.62. The number of aliphatic hydroxyl groups excluding tert-OH is 2. The Morgan fingerprint density at radius 3 is 2.63 bits per heavy atom. The third-order valence-corrected chi connectivity index (χ3v) is 4.49. The molecule has 10 nitrogen and oxygen atoms in total. The van der Waals surface area contributed by atoms with Gasteiger partial charge in [0.05, 0.1) is 0 Å². The van der Waals surface area contributed by atoms with Gasteiger partial charge in [-0.05, 0) is 12.1 Å². The first kappa shape index (κ1) is 19.3. The van der Waals surface area contributed by atoms with Gasteiger partial charge in [0.15, 0.2) is 18.6 Å². The molecule has 1 aromatic heterocycles.